The number of hydrogen-bond donors (Lipinski definition) is 2. The zero-order chi connectivity index (χ0) is 30.3. The van der Waals surface area contributed by atoms with Crippen LogP contribution in [0.15, 0.2) is 97.8 Å². The molecule has 3 heterocycles. The maximum absolute atomic E-state index is 13.9. The average molecular weight is 599 g/mol. The second kappa shape index (κ2) is 11.1. The van der Waals surface area contributed by atoms with Crippen LogP contribution in [0.5, 0.6) is 0 Å². The van der Waals surface area contributed by atoms with Crippen LogP contribution < -0.4 is 17.0 Å². The predicted octanol–water partition coefficient (Wildman–Crippen LogP) is 4.89. The fraction of sp³-hybridized carbons (Fsp3) is 0.188. The number of aliphatic hydroxyl groups is 1. The lowest BCUT2D eigenvalue weighted by atomic mass is 9.96. The van der Waals surface area contributed by atoms with Crippen LogP contribution in [-0.2, 0) is 25.1 Å². The Labute approximate surface area is 248 Å². The van der Waals surface area contributed by atoms with Crippen molar-refractivity contribution in [2.45, 2.75) is 39.0 Å². The van der Waals surface area contributed by atoms with E-state index in [1.54, 1.807) is 10.6 Å². The van der Waals surface area contributed by atoms with E-state index in [4.69, 9.17) is 0 Å². The van der Waals surface area contributed by atoms with Crippen molar-refractivity contribution in [3.05, 3.63) is 132 Å². The normalized spacial score (nSPS) is 12.9. The molecule has 1 atom stereocenters. The number of fused-ring (bicyclic) bond motifs is 1. The van der Waals surface area contributed by atoms with E-state index in [0.29, 0.717) is 33.6 Å². The van der Waals surface area contributed by atoms with Gasteiger partial charge in [-0.15, -0.1) is 11.3 Å². The van der Waals surface area contributed by atoms with Crippen LogP contribution in [0, 0.1) is 5.82 Å². The third-order valence-corrected chi connectivity index (χ3v) is 8.76. The zero-order valence-corrected chi connectivity index (χ0v) is 24.2. The molecule has 0 bridgehead atoms. The van der Waals surface area contributed by atoms with Gasteiger partial charge < -0.3 is 5.11 Å². The lowest BCUT2D eigenvalue weighted by molar-refractivity contribution is 0.0357. The number of halogens is 1. The molecule has 9 nitrogen and oxygen atoms in total. The van der Waals surface area contributed by atoms with Gasteiger partial charge in [0, 0.05) is 10.4 Å². The van der Waals surface area contributed by atoms with Gasteiger partial charge in [0.15, 0.2) is 5.82 Å². The Hall–Kier alpha value is -4.87. The van der Waals surface area contributed by atoms with Crippen molar-refractivity contribution in [2.75, 3.05) is 0 Å². The Morgan fingerprint density at radius 3 is 2.33 bits per heavy atom. The third-order valence-electron chi connectivity index (χ3n) is 7.45. The first kappa shape index (κ1) is 28.3. The van der Waals surface area contributed by atoms with Crippen molar-refractivity contribution in [1.29, 1.82) is 0 Å². The second-order valence-electron chi connectivity index (χ2n) is 10.5. The van der Waals surface area contributed by atoms with Crippen molar-refractivity contribution in [3.63, 3.8) is 0 Å². The molecule has 0 saturated carbocycles. The highest BCUT2D eigenvalue weighted by Gasteiger charge is 2.27. The molecule has 218 valence electrons. The minimum atomic E-state index is -1.60. The maximum Gasteiger partial charge on any atom is 0.439 e. The highest BCUT2D eigenvalue weighted by molar-refractivity contribution is 7.18. The van der Waals surface area contributed by atoms with Crippen LogP contribution in [0.2, 0.25) is 0 Å². The van der Waals surface area contributed by atoms with Crippen molar-refractivity contribution in [2.24, 2.45) is 0 Å². The van der Waals surface area contributed by atoms with Gasteiger partial charge in [-0.1, -0.05) is 72.7 Å². The van der Waals surface area contributed by atoms with E-state index in [1.165, 1.54) is 42.5 Å². The number of rotatable bonds is 8. The minimum Gasteiger partial charge on any atom is -0.384 e. The molecule has 6 rings (SSSR count). The summed E-state index contributed by atoms with van der Waals surface area (Å²) in [5, 5.41) is 15.5. The molecule has 3 aromatic heterocycles. The Bertz CT molecular complexity index is 2120. The minimum absolute atomic E-state index is 0.191. The van der Waals surface area contributed by atoms with Gasteiger partial charge in [0.25, 0.3) is 5.56 Å². The molecular formula is C32H27FN4O5S. The van der Waals surface area contributed by atoms with Gasteiger partial charge in [-0.25, -0.2) is 14.0 Å². The van der Waals surface area contributed by atoms with Gasteiger partial charge in [0.2, 0.25) is 0 Å². The topological polar surface area (TPSA) is 123 Å². The third kappa shape index (κ3) is 5.40. The molecule has 0 aliphatic heterocycles. The first-order chi connectivity index (χ1) is 20.6. The summed E-state index contributed by atoms with van der Waals surface area (Å²) in [7, 11) is 0. The number of thiophene rings is 1. The Morgan fingerprint density at radius 2 is 1.67 bits per heavy atom. The SMILES string of the molecule is CCc1cc2c(=O)n(CC(C)(O)c3ccc(F)cc3)c(=O)n(Cc3ccc(-c4ccccc4-c4noc(=O)[nH]4)cc3)c2s1. The highest BCUT2D eigenvalue weighted by atomic mass is 32.1. The number of hydrogen-bond acceptors (Lipinski definition) is 7. The molecule has 1 unspecified atom stereocenters. The monoisotopic (exact) mass is 598 g/mol. The summed E-state index contributed by atoms with van der Waals surface area (Å²) >= 11 is 1.40. The first-order valence-corrected chi connectivity index (χ1v) is 14.5. The molecule has 2 N–H and O–H groups in total. The lowest BCUT2D eigenvalue weighted by Gasteiger charge is -2.25. The molecule has 0 aliphatic carbocycles. The van der Waals surface area contributed by atoms with E-state index in [0.717, 1.165) is 26.1 Å². The van der Waals surface area contributed by atoms with Crippen molar-refractivity contribution >= 4 is 21.6 Å². The summed E-state index contributed by atoms with van der Waals surface area (Å²) in [4.78, 5) is 43.0. The number of aromatic nitrogens is 4. The Balaban J connectivity index is 1.39. The summed E-state index contributed by atoms with van der Waals surface area (Å²) in [6.07, 6.45) is 0.700. The van der Waals surface area contributed by atoms with Gasteiger partial charge in [-0.3, -0.25) is 23.4 Å². The van der Waals surface area contributed by atoms with Gasteiger partial charge in [0.05, 0.1) is 18.5 Å². The van der Waals surface area contributed by atoms with Gasteiger partial charge >= 0.3 is 11.4 Å². The van der Waals surface area contributed by atoms with Crippen LogP contribution in [0.3, 0.4) is 0 Å². The zero-order valence-electron chi connectivity index (χ0n) is 23.3. The number of nitrogens with zero attached hydrogens (tertiary/aromatic N) is 3. The van der Waals surface area contributed by atoms with E-state index in [9.17, 15) is 23.9 Å². The molecule has 11 heteroatoms. The molecule has 0 fully saturated rings. The smallest absolute Gasteiger partial charge is 0.384 e. The quantitative estimate of drug-likeness (QED) is 0.257. The van der Waals surface area contributed by atoms with E-state index in [1.807, 2.05) is 55.5 Å². The van der Waals surface area contributed by atoms with Crippen molar-refractivity contribution < 1.29 is 14.0 Å². The number of benzene rings is 3. The summed E-state index contributed by atoms with van der Waals surface area (Å²) in [5.41, 5.74) is 0.977. The summed E-state index contributed by atoms with van der Waals surface area (Å²) in [6, 6.07) is 22.2. The van der Waals surface area contributed by atoms with Crippen LogP contribution in [-0.4, -0.2) is 24.4 Å². The van der Waals surface area contributed by atoms with E-state index in [2.05, 4.69) is 14.7 Å². The highest BCUT2D eigenvalue weighted by Crippen LogP contribution is 2.30. The van der Waals surface area contributed by atoms with Crippen LogP contribution in [0.4, 0.5) is 4.39 Å². The molecule has 0 amide bonds. The second-order valence-corrected chi connectivity index (χ2v) is 11.6. The molecule has 0 radical (unpaired) electrons. The lowest BCUT2D eigenvalue weighted by Crippen LogP contribution is -2.44. The van der Waals surface area contributed by atoms with Gasteiger partial charge in [0.1, 0.15) is 16.2 Å². The van der Waals surface area contributed by atoms with E-state index >= 15 is 0 Å². The number of aryl methyl sites for hydroxylation is 1. The van der Waals surface area contributed by atoms with Crippen molar-refractivity contribution in [3.8, 4) is 22.5 Å². The molecule has 0 spiro atoms. The molecule has 6 aromatic rings. The molecule has 3 aromatic carbocycles. The van der Waals surface area contributed by atoms with Gasteiger partial charge in [-0.05, 0) is 53.8 Å². The summed E-state index contributed by atoms with van der Waals surface area (Å²) < 4.78 is 20.8. The summed E-state index contributed by atoms with van der Waals surface area (Å²) in [6.45, 7) is 3.37. The molecule has 43 heavy (non-hydrogen) atoms. The number of nitrogens with one attached hydrogen (secondary N) is 1. The molecule has 0 aliphatic rings. The summed E-state index contributed by atoms with van der Waals surface area (Å²) in [5.74, 6) is -0.771. The maximum atomic E-state index is 13.9. The van der Waals surface area contributed by atoms with Crippen LogP contribution in [0.1, 0.15) is 29.9 Å². The first-order valence-electron chi connectivity index (χ1n) is 13.6. The average Bonchev–Trinajstić information content (AvgIpc) is 3.65. The Kier molecular flexibility index (Phi) is 7.28. The molecular weight excluding hydrogens is 571 g/mol. The number of aromatic amines is 1. The fourth-order valence-corrected chi connectivity index (χ4v) is 6.25. The fourth-order valence-electron chi connectivity index (χ4n) is 5.17. The molecule has 0 saturated heterocycles. The van der Waals surface area contributed by atoms with Crippen LogP contribution in [0.25, 0.3) is 32.7 Å². The standard InChI is InChI=1S/C32H27FN4O5S/c1-3-23-16-26-28(38)37(18-32(2,41)21-12-14-22(33)15-13-21)31(40)36(29(26)43-23)17-19-8-10-20(11-9-19)24-6-4-5-7-25(24)27-34-30(39)42-35-27/h4-16,41H,3,17-18H2,1-2H3,(H,34,35,39). The van der Waals surface area contributed by atoms with Crippen molar-refractivity contribution in [1.82, 2.24) is 19.3 Å². The predicted molar refractivity (Wildman–Crippen MR) is 163 cm³/mol. The Morgan fingerprint density at radius 1 is 0.977 bits per heavy atom. The van der Waals surface area contributed by atoms with Crippen LogP contribution >= 0.6 is 11.3 Å². The van der Waals surface area contributed by atoms with Gasteiger partial charge in [-0.2, -0.15) is 0 Å². The van der Waals surface area contributed by atoms with E-state index < -0.39 is 28.4 Å². The number of H-pyrrole nitrogens is 1. The largest absolute Gasteiger partial charge is 0.439 e. The van der Waals surface area contributed by atoms with E-state index in [-0.39, 0.29) is 13.1 Å².